The lowest BCUT2D eigenvalue weighted by molar-refractivity contribution is -0.163. The van der Waals surface area contributed by atoms with Crippen LogP contribution >= 0.6 is 0 Å². The van der Waals surface area contributed by atoms with E-state index in [1.165, 1.54) is 0 Å². The van der Waals surface area contributed by atoms with E-state index in [2.05, 4.69) is 4.74 Å². The third-order valence-corrected chi connectivity index (χ3v) is 1.97. The Bertz CT molecular complexity index is 386. The molecule has 86 valence electrons. The number of aliphatic carboxylic acids is 1. The predicted molar refractivity (Wildman–Crippen MR) is 55.3 cm³/mol. The van der Waals surface area contributed by atoms with Crippen LogP contribution in [0.15, 0.2) is 24.3 Å². The maximum absolute atomic E-state index is 10.6. The maximum Gasteiger partial charge on any atom is 0.417 e. The molecule has 0 saturated carbocycles. The van der Waals surface area contributed by atoms with Crippen molar-refractivity contribution in [3.8, 4) is 5.75 Å². The van der Waals surface area contributed by atoms with Gasteiger partial charge in [-0.05, 0) is 11.6 Å². The van der Waals surface area contributed by atoms with E-state index in [1.54, 1.807) is 13.2 Å². The molecule has 1 aromatic rings. The number of rotatable bonds is 4. The normalized spacial score (nSPS) is 9.56. The second-order valence-electron chi connectivity index (χ2n) is 3.00. The zero-order chi connectivity index (χ0) is 12.0. The van der Waals surface area contributed by atoms with Crippen LogP contribution in [-0.2, 0) is 20.7 Å². The summed E-state index contributed by atoms with van der Waals surface area (Å²) in [5, 5.41) is 8.28. The minimum atomic E-state index is -1.58. The lowest BCUT2D eigenvalue weighted by atomic mass is 10.1. The fraction of sp³-hybridized carbons (Fsp3) is 0.273. The highest BCUT2D eigenvalue weighted by Gasteiger charge is 2.12. The molecule has 0 atom stereocenters. The van der Waals surface area contributed by atoms with Gasteiger partial charge >= 0.3 is 11.9 Å². The number of carboxylic acid groups (broad SMARTS) is 1. The molecule has 0 heterocycles. The minimum absolute atomic E-state index is 0.0194. The number of esters is 1. The van der Waals surface area contributed by atoms with Crippen LogP contribution in [0, 0.1) is 0 Å². The number of hydrogen-bond acceptors (Lipinski definition) is 4. The molecular weight excluding hydrogens is 212 g/mol. The summed E-state index contributed by atoms with van der Waals surface area (Å²) in [6.45, 7) is 0.0194. The molecular formula is C11H12O5. The van der Waals surface area contributed by atoms with Crippen molar-refractivity contribution in [1.29, 1.82) is 0 Å². The molecule has 0 bridgehead atoms. The van der Waals surface area contributed by atoms with Crippen LogP contribution in [0.25, 0.3) is 0 Å². The number of methoxy groups -OCH3 is 1. The van der Waals surface area contributed by atoms with Crippen molar-refractivity contribution in [1.82, 2.24) is 0 Å². The standard InChI is InChI=1S/C11H12O5/c1-15-9-5-3-2-4-8(9)6-7-16-11(14)10(12)13/h2-5H,6-7H2,1H3,(H,12,13). The third-order valence-electron chi connectivity index (χ3n) is 1.97. The molecule has 0 saturated heterocycles. The van der Waals surface area contributed by atoms with Crippen LogP contribution in [0.2, 0.25) is 0 Å². The molecule has 0 aliphatic heterocycles. The van der Waals surface area contributed by atoms with Crippen molar-refractivity contribution < 1.29 is 24.2 Å². The Morgan fingerprint density at radius 1 is 1.31 bits per heavy atom. The average molecular weight is 224 g/mol. The average Bonchev–Trinajstić information content (AvgIpc) is 2.29. The van der Waals surface area contributed by atoms with Gasteiger partial charge in [-0.15, -0.1) is 0 Å². The summed E-state index contributed by atoms with van der Waals surface area (Å²) in [6, 6.07) is 7.27. The number of para-hydroxylation sites is 1. The molecule has 0 aliphatic rings. The molecule has 1 aromatic carbocycles. The van der Waals surface area contributed by atoms with Gasteiger partial charge in [0, 0.05) is 6.42 Å². The maximum atomic E-state index is 10.6. The molecule has 0 aliphatic carbocycles. The summed E-state index contributed by atoms with van der Waals surface area (Å²) < 4.78 is 9.61. The van der Waals surface area contributed by atoms with Crippen molar-refractivity contribution in [3.63, 3.8) is 0 Å². The van der Waals surface area contributed by atoms with Gasteiger partial charge in [0.2, 0.25) is 0 Å². The Morgan fingerprint density at radius 2 is 2.00 bits per heavy atom. The lowest BCUT2D eigenvalue weighted by Gasteiger charge is -2.07. The van der Waals surface area contributed by atoms with Gasteiger partial charge < -0.3 is 14.6 Å². The summed E-state index contributed by atoms with van der Waals surface area (Å²) >= 11 is 0. The Kier molecular flexibility index (Phi) is 4.32. The summed E-state index contributed by atoms with van der Waals surface area (Å²) in [5.74, 6) is -2.14. The first-order valence-electron chi connectivity index (χ1n) is 4.67. The second-order valence-corrected chi connectivity index (χ2v) is 3.00. The van der Waals surface area contributed by atoms with Crippen molar-refractivity contribution in [3.05, 3.63) is 29.8 Å². The number of ether oxygens (including phenoxy) is 2. The van der Waals surface area contributed by atoms with E-state index in [1.807, 2.05) is 18.2 Å². The number of hydrogen-bond donors (Lipinski definition) is 1. The number of carbonyl (C=O) groups excluding carboxylic acids is 1. The molecule has 0 unspecified atom stereocenters. The molecule has 0 radical (unpaired) electrons. The SMILES string of the molecule is COc1ccccc1CCOC(=O)C(=O)O. The van der Waals surface area contributed by atoms with Crippen molar-refractivity contribution in [2.45, 2.75) is 6.42 Å². The smallest absolute Gasteiger partial charge is 0.417 e. The van der Waals surface area contributed by atoms with Gasteiger partial charge in [0.05, 0.1) is 13.7 Å². The van der Waals surface area contributed by atoms with E-state index in [9.17, 15) is 9.59 Å². The summed E-state index contributed by atoms with van der Waals surface area (Å²) in [7, 11) is 1.54. The molecule has 0 amide bonds. The summed E-state index contributed by atoms with van der Waals surface area (Å²) in [5.41, 5.74) is 0.864. The molecule has 16 heavy (non-hydrogen) atoms. The van der Waals surface area contributed by atoms with E-state index in [-0.39, 0.29) is 6.61 Å². The van der Waals surface area contributed by atoms with Gasteiger partial charge in [0.15, 0.2) is 0 Å². The van der Waals surface area contributed by atoms with Gasteiger partial charge in [0.25, 0.3) is 0 Å². The van der Waals surface area contributed by atoms with E-state index in [0.717, 1.165) is 5.56 Å². The first kappa shape index (κ1) is 12.0. The van der Waals surface area contributed by atoms with Crippen LogP contribution < -0.4 is 4.74 Å². The highest BCUT2D eigenvalue weighted by atomic mass is 16.6. The zero-order valence-corrected chi connectivity index (χ0v) is 8.80. The van der Waals surface area contributed by atoms with Gasteiger partial charge in [-0.3, -0.25) is 0 Å². The van der Waals surface area contributed by atoms with Gasteiger partial charge in [0.1, 0.15) is 5.75 Å². The van der Waals surface area contributed by atoms with E-state index in [0.29, 0.717) is 12.2 Å². The van der Waals surface area contributed by atoms with Crippen molar-refractivity contribution in [2.24, 2.45) is 0 Å². The quantitative estimate of drug-likeness (QED) is 0.606. The van der Waals surface area contributed by atoms with Crippen LogP contribution in [0.1, 0.15) is 5.56 Å². The largest absolute Gasteiger partial charge is 0.496 e. The molecule has 0 spiro atoms. The monoisotopic (exact) mass is 224 g/mol. The molecule has 5 nitrogen and oxygen atoms in total. The Balaban J connectivity index is 2.48. The second kappa shape index (κ2) is 5.75. The highest BCUT2D eigenvalue weighted by Crippen LogP contribution is 2.17. The fourth-order valence-corrected chi connectivity index (χ4v) is 1.22. The first-order chi connectivity index (χ1) is 7.65. The van der Waals surface area contributed by atoms with Crippen LogP contribution in [0.4, 0.5) is 0 Å². The number of carboxylic acids is 1. The van der Waals surface area contributed by atoms with Gasteiger partial charge in [-0.2, -0.15) is 0 Å². The molecule has 5 heteroatoms. The first-order valence-corrected chi connectivity index (χ1v) is 4.67. The summed E-state index contributed by atoms with van der Waals surface area (Å²) in [4.78, 5) is 20.8. The van der Waals surface area contributed by atoms with E-state index >= 15 is 0 Å². The topological polar surface area (TPSA) is 72.8 Å². The number of benzene rings is 1. The summed E-state index contributed by atoms with van der Waals surface area (Å²) in [6.07, 6.45) is 0.420. The zero-order valence-electron chi connectivity index (χ0n) is 8.80. The van der Waals surface area contributed by atoms with Crippen LogP contribution in [0.3, 0.4) is 0 Å². The lowest BCUT2D eigenvalue weighted by Crippen LogP contribution is -2.17. The predicted octanol–water partition coefficient (Wildman–Crippen LogP) is 0.865. The van der Waals surface area contributed by atoms with Gasteiger partial charge in [-0.1, -0.05) is 18.2 Å². The number of carbonyl (C=O) groups is 2. The molecule has 0 aromatic heterocycles. The minimum Gasteiger partial charge on any atom is -0.496 e. The van der Waals surface area contributed by atoms with E-state index < -0.39 is 11.9 Å². The third kappa shape index (κ3) is 3.27. The van der Waals surface area contributed by atoms with Crippen LogP contribution in [0.5, 0.6) is 5.75 Å². The Morgan fingerprint density at radius 3 is 2.62 bits per heavy atom. The molecule has 1 N–H and O–H groups in total. The molecule has 1 rings (SSSR count). The Hall–Kier alpha value is -2.04. The Labute approximate surface area is 92.6 Å². The van der Waals surface area contributed by atoms with Gasteiger partial charge in [-0.25, -0.2) is 9.59 Å². The van der Waals surface area contributed by atoms with Crippen molar-refractivity contribution >= 4 is 11.9 Å². The van der Waals surface area contributed by atoms with Crippen LogP contribution in [-0.4, -0.2) is 30.8 Å². The molecule has 0 fully saturated rings. The van der Waals surface area contributed by atoms with E-state index in [4.69, 9.17) is 9.84 Å². The van der Waals surface area contributed by atoms with Crippen molar-refractivity contribution in [2.75, 3.05) is 13.7 Å². The fourth-order valence-electron chi connectivity index (χ4n) is 1.22. The highest BCUT2D eigenvalue weighted by molar-refractivity contribution is 6.28.